The van der Waals surface area contributed by atoms with E-state index in [9.17, 15) is 9.59 Å². The van der Waals surface area contributed by atoms with Crippen LogP contribution >= 0.6 is 0 Å². The number of ether oxygens (including phenoxy) is 1. The quantitative estimate of drug-likeness (QED) is 0.826. The number of hydrogen-bond acceptors (Lipinski definition) is 3. The Labute approximate surface area is 114 Å². The Balaban J connectivity index is 2.69. The van der Waals surface area contributed by atoms with Crippen molar-refractivity contribution in [1.29, 1.82) is 0 Å². The molecule has 104 valence electrons. The molecule has 1 amide bonds. The van der Waals surface area contributed by atoms with E-state index in [1.165, 1.54) is 7.11 Å². The predicted molar refractivity (Wildman–Crippen MR) is 73.9 cm³/mol. The van der Waals surface area contributed by atoms with Crippen LogP contribution in [0.3, 0.4) is 0 Å². The zero-order valence-corrected chi connectivity index (χ0v) is 11.9. The van der Waals surface area contributed by atoms with Crippen LogP contribution in [0.5, 0.6) is 0 Å². The summed E-state index contributed by atoms with van der Waals surface area (Å²) in [7, 11) is 1.32. The van der Waals surface area contributed by atoms with E-state index in [0.29, 0.717) is 6.42 Å². The van der Waals surface area contributed by atoms with Crippen LogP contribution in [0.25, 0.3) is 0 Å². The molecule has 0 spiro atoms. The molecule has 0 saturated carbocycles. The number of methoxy groups -OCH3 is 1. The third-order valence-electron chi connectivity index (χ3n) is 3.08. The molecule has 1 atom stereocenters. The van der Waals surface area contributed by atoms with Gasteiger partial charge in [-0.15, -0.1) is 0 Å². The van der Waals surface area contributed by atoms with Gasteiger partial charge in [0.2, 0.25) is 5.91 Å². The van der Waals surface area contributed by atoms with Crippen molar-refractivity contribution in [2.75, 3.05) is 7.11 Å². The normalized spacial score (nSPS) is 11.8. The molecule has 4 heteroatoms. The van der Waals surface area contributed by atoms with Gasteiger partial charge in [0, 0.05) is 0 Å². The number of hydrogen-bond donors (Lipinski definition) is 1. The lowest BCUT2D eigenvalue weighted by Crippen LogP contribution is -2.41. The Bertz CT molecular complexity index is 468. The third kappa shape index (κ3) is 4.39. The molecule has 0 aliphatic heterocycles. The summed E-state index contributed by atoms with van der Waals surface area (Å²) in [6, 6.07) is 5.44. The largest absolute Gasteiger partial charge is 0.467 e. The molecule has 0 radical (unpaired) electrons. The van der Waals surface area contributed by atoms with Crippen LogP contribution in [-0.4, -0.2) is 25.0 Å². The minimum Gasteiger partial charge on any atom is -0.467 e. The molecular formula is C15H21NO3. The van der Waals surface area contributed by atoms with Crippen LogP contribution in [0, 0.1) is 13.8 Å². The van der Waals surface area contributed by atoms with E-state index in [1.807, 2.05) is 39.0 Å². The maximum atomic E-state index is 11.9. The number of carbonyl (C=O) groups is 2. The van der Waals surface area contributed by atoms with Gasteiger partial charge in [-0.05, 0) is 31.4 Å². The maximum Gasteiger partial charge on any atom is 0.328 e. The molecule has 1 N–H and O–H groups in total. The first-order chi connectivity index (χ1) is 8.97. The zero-order valence-electron chi connectivity index (χ0n) is 11.9. The molecule has 1 unspecified atom stereocenters. The number of rotatable bonds is 5. The lowest BCUT2D eigenvalue weighted by molar-refractivity contribution is -0.145. The average molecular weight is 263 g/mol. The van der Waals surface area contributed by atoms with Gasteiger partial charge in [0.05, 0.1) is 13.5 Å². The predicted octanol–water partition coefficient (Wildman–Crippen LogP) is 1.91. The average Bonchev–Trinajstić information content (AvgIpc) is 2.39. The smallest absolute Gasteiger partial charge is 0.328 e. The van der Waals surface area contributed by atoms with Crippen molar-refractivity contribution in [2.45, 2.75) is 39.7 Å². The molecule has 0 aliphatic rings. The molecule has 0 saturated heterocycles. The summed E-state index contributed by atoms with van der Waals surface area (Å²) < 4.78 is 4.64. The Morgan fingerprint density at radius 2 is 2.00 bits per heavy atom. The minimum absolute atomic E-state index is 0.161. The number of nitrogens with one attached hydrogen (secondary N) is 1. The topological polar surface area (TPSA) is 55.4 Å². The van der Waals surface area contributed by atoms with Gasteiger partial charge < -0.3 is 10.1 Å². The first kappa shape index (κ1) is 15.2. The van der Waals surface area contributed by atoms with Crippen LogP contribution in [0.2, 0.25) is 0 Å². The molecule has 0 aliphatic carbocycles. The SMILES string of the molecule is CCC(NC(=O)Cc1cc(C)ccc1C)C(=O)OC. The van der Waals surface area contributed by atoms with Gasteiger partial charge in [0.25, 0.3) is 0 Å². The number of benzene rings is 1. The van der Waals surface area contributed by atoms with Crippen LogP contribution < -0.4 is 5.32 Å². The number of amides is 1. The van der Waals surface area contributed by atoms with Crippen molar-refractivity contribution < 1.29 is 14.3 Å². The Kier molecular flexibility index (Phi) is 5.55. The van der Waals surface area contributed by atoms with E-state index in [2.05, 4.69) is 10.1 Å². The van der Waals surface area contributed by atoms with E-state index in [1.54, 1.807) is 0 Å². The van der Waals surface area contributed by atoms with Gasteiger partial charge in [0.15, 0.2) is 0 Å². The molecule has 0 heterocycles. The van der Waals surface area contributed by atoms with E-state index < -0.39 is 12.0 Å². The highest BCUT2D eigenvalue weighted by molar-refractivity contribution is 5.85. The van der Waals surface area contributed by atoms with Crippen molar-refractivity contribution >= 4 is 11.9 Å². The van der Waals surface area contributed by atoms with E-state index in [0.717, 1.165) is 16.7 Å². The Hall–Kier alpha value is -1.84. The second-order valence-electron chi connectivity index (χ2n) is 4.66. The fourth-order valence-electron chi connectivity index (χ4n) is 1.88. The van der Waals surface area contributed by atoms with Gasteiger partial charge in [0.1, 0.15) is 6.04 Å². The Morgan fingerprint density at radius 1 is 1.32 bits per heavy atom. The summed E-state index contributed by atoms with van der Waals surface area (Å²) in [6.45, 7) is 5.80. The first-order valence-electron chi connectivity index (χ1n) is 6.41. The van der Waals surface area contributed by atoms with Crippen molar-refractivity contribution in [3.63, 3.8) is 0 Å². The van der Waals surface area contributed by atoms with Crippen LogP contribution in [0.1, 0.15) is 30.0 Å². The highest BCUT2D eigenvalue weighted by Crippen LogP contribution is 2.11. The maximum absolute atomic E-state index is 11.9. The summed E-state index contributed by atoms with van der Waals surface area (Å²) >= 11 is 0. The number of carbonyl (C=O) groups excluding carboxylic acids is 2. The zero-order chi connectivity index (χ0) is 14.4. The lowest BCUT2D eigenvalue weighted by atomic mass is 10.0. The summed E-state index contributed by atoms with van der Waals surface area (Å²) in [5.74, 6) is -0.567. The molecule has 1 rings (SSSR count). The monoisotopic (exact) mass is 263 g/mol. The van der Waals surface area contributed by atoms with E-state index in [4.69, 9.17) is 0 Å². The van der Waals surface area contributed by atoms with E-state index >= 15 is 0 Å². The number of esters is 1. The highest BCUT2D eigenvalue weighted by Gasteiger charge is 2.19. The standard InChI is InChI=1S/C15H21NO3/c1-5-13(15(18)19-4)16-14(17)9-12-8-10(2)6-7-11(12)3/h6-8,13H,5,9H2,1-4H3,(H,16,17). The first-order valence-corrected chi connectivity index (χ1v) is 6.41. The highest BCUT2D eigenvalue weighted by atomic mass is 16.5. The fraction of sp³-hybridized carbons (Fsp3) is 0.467. The van der Waals surface area contributed by atoms with Gasteiger partial charge >= 0.3 is 5.97 Å². The second-order valence-corrected chi connectivity index (χ2v) is 4.66. The van der Waals surface area contributed by atoms with Crippen molar-refractivity contribution in [2.24, 2.45) is 0 Å². The fourth-order valence-corrected chi connectivity index (χ4v) is 1.88. The number of aryl methyl sites for hydroxylation is 2. The van der Waals surface area contributed by atoms with Crippen molar-refractivity contribution in [3.8, 4) is 0 Å². The molecule has 1 aromatic carbocycles. The van der Waals surface area contributed by atoms with Crippen molar-refractivity contribution in [1.82, 2.24) is 5.32 Å². The molecule has 0 aromatic heterocycles. The van der Waals surface area contributed by atoms with Gasteiger partial charge in [-0.2, -0.15) is 0 Å². The van der Waals surface area contributed by atoms with E-state index in [-0.39, 0.29) is 12.3 Å². The van der Waals surface area contributed by atoms with Gasteiger partial charge in [-0.25, -0.2) is 4.79 Å². The molecule has 19 heavy (non-hydrogen) atoms. The van der Waals surface area contributed by atoms with Gasteiger partial charge in [-0.3, -0.25) is 4.79 Å². The van der Waals surface area contributed by atoms with Crippen LogP contribution in [-0.2, 0) is 20.7 Å². The summed E-state index contributed by atoms with van der Waals surface area (Å²) in [5.41, 5.74) is 3.18. The minimum atomic E-state index is -0.567. The summed E-state index contributed by atoms with van der Waals surface area (Å²) in [4.78, 5) is 23.4. The lowest BCUT2D eigenvalue weighted by Gasteiger charge is -2.15. The molecule has 0 fully saturated rings. The molecular weight excluding hydrogens is 242 g/mol. The Morgan fingerprint density at radius 3 is 2.58 bits per heavy atom. The summed E-state index contributed by atoms with van der Waals surface area (Å²) in [5, 5.41) is 2.70. The van der Waals surface area contributed by atoms with Crippen LogP contribution in [0.15, 0.2) is 18.2 Å². The molecule has 1 aromatic rings. The van der Waals surface area contributed by atoms with Crippen molar-refractivity contribution in [3.05, 3.63) is 34.9 Å². The molecule has 0 bridgehead atoms. The second kappa shape index (κ2) is 6.92. The van der Waals surface area contributed by atoms with Crippen LogP contribution in [0.4, 0.5) is 0 Å². The van der Waals surface area contributed by atoms with Gasteiger partial charge in [-0.1, -0.05) is 30.7 Å². The molecule has 4 nitrogen and oxygen atoms in total. The summed E-state index contributed by atoms with van der Waals surface area (Å²) in [6.07, 6.45) is 0.798. The third-order valence-corrected chi connectivity index (χ3v) is 3.08.